The zero-order valence-corrected chi connectivity index (χ0v) is 13.7. The minimum absolute atomic E-state index is 0.536. The van der Waals surface area contributed by atoms with E-state index in [2.05, 4.69) is 50.1 Å². The van der Waals surface area contributed by atoms with Crippen LogP contribution in [0.1, 0.15) is 31.2 Å². The van der Waals surface area contributed by atoms with Crippen LogP contribution in [0.4, 0.5) is 5.82 Å². The number of rotatable bonds is 2. The molecular weight excluding hydrogens is 322 g/mol. The summed E-state index contributed by atoms with van der Waals surface area (Å²) < 4.78 is 1.22. The van der Waals surface area contributed by atoms with Crippen molar-refractivity contribution in [2.75, 3.05) is 11.9 Å². The summed E-state index contributed by atoms with van der Waals surface area (Å²) in [4.78, 5) is 11.9. The van der Waals surface area contributed by atoms with Gasteiger partial charge in [0, 0.05) is 17.9 Å². The molecule has 2 atom stereocenters. The second-order valence-electron chi connectivity index (χ2n) is 5.27. The van der Waals surface area contributed by atoms with Gasteiger partial charge < -0.3 is 4.90 Å². The van der Waals surface area contributed by atoms with Gasteiger partial charge in [-0.15, -0.1) is 11.3 Å². The average Bonchev–Trinajstić information content (AvgIpc) is 2.80. The number of alkyl halides is 1. The van der Waals surface area contributed by atoms with Gasteiger partial charge in [-0.2, -0.15) is 0 Å². The average molecular weight is 340 g/mol. The quantitative estimate of drug-likeness (QED) is 0.770. The lowest BCUT2D eigenvalue weighted by Gasteiger charge is -2.36. The lowest BCUT2D eigenvalue weighted by molar-refractivity contribution is 0.443. The first-order valence-corrected chi connectivity index (χ1v) is 8.53. The summed E-state index contributed by atoms with van der Waals surface area (Å²) in [5.41, 5.74) is 2.35. The summed E-state index contributed by atoms with van der Waals surface area (Å²) in [6.45, 7) is 2.11. The molecule has 5 heteroatoms. The topological polar surface area (TPSA) is 29.0 Å². The molecule has 0 radical (unpaired) electrons. The van der Waals surface area contributed by atoms with Crippen molar-refractivity contribution in [2.24, 2.45) is 0 Å². The summed E-state index contributed by atoms with van der Waals surface area (Å²) >= 11 is 5.59. The van der Waals surface area contributed by atoms with Crippen molar-refractivity contribution in [3.05, 3.63) is 17.3 Å². The molecule has 1 fully saturated rings. The molecule has 102 valence electrons. The molecule has 0 amide bonds. The predicted molar refractivity (Wildman–Crippen MR) is 85.5 cm³/mol. The van der Waals surface area contributed by atoms with E-state index in [9.17, 15) is 0 Å². The maximum atomic E-state index is 4.53. The van der Waals surface area contributed by atoms with E-state index in [1.807, 2.05) is 0 Å². The van der Waals surface area contributed by atoms with E-state index >= 15 is 0 Å². The number of hydrogen-bond donors (Lipinski definition) is 0. The van der Waals surface area contributed by atoms with Gasteiger partial charge in [0.2, 0.25) is 0 Å². The highest BCUT2D eigenvalue weighted by Crippen LogP contribution is 2.35. The molecule has 0 spiro atoms. The molecule has 2 aromatic rings. The predicted octanol–water partition coefficient (Wildman–Crippen LogP) is 4.14. The van der Waals surface area contributed by atoms with E-state index < -0.39 is 0 Å². The molecule has 0 saturated heterocycles. The molecule has 2 aromatic heterocycles. The zero-order chi connectivity index (χ0) is 13.4. The molecule has 0 aliphatic heterocycles. The highest BCUT2D eigenvalue weighted by Gasteiger charge is 2.28. The number of fused-ring (bicyclic) bond motifs is 1. The molecule has 3 nitrogen and oxygen atoms in total. The second-order valence-corrected chi connectivity index (χ2v) is 7.33. The first-order valence-electron chi connectivity index (χ1n) is 6.74. The van der Waals surface area contributed by atoms with Gasteiger partial charge in [0.05, 0.1) is 10.2 Å². The molecule has 2 unspecified atom stereocenters. The van der Waals surface area contributed by atoms with Crippen LogP contribution in [0, 0.1) is 6.92 Å². The molecule has 1 aliphatic rings. The third kappa shape index (κ3) is 2.38. The third-order valence-electron chi connectivity index (χ3n) is 3.99. The summed E-state index contributed by atoms with van der Waals surface area (Å²) in [6.07, 6.45) is 6.83. The summed E-state index contributed by atoms with van der Waals surface area (Å²) in [6, 6.07) is 0.536. The van der Waals surface area contributed by atoms with E-state index in [1.54, 1.807) is 17.7 Å². The van der Waals surface area contributed by atoms with Crippen LogP contribution in [0.15, 0.2) is 11.7 Å². The Morgan fingerprint density at radius 1 is 1.32 bits per heavy atom. The van der Waals surface area contributed by atoms with Crippen LogP contribution in [0.3, 0.4) is 0 Å². The van der Waals surface area contributed by atoms with Crippen LogP contribution in [0.2, 0.25) is 0 Å². The van der Waals surface area contributed by atoms with Crippen molar-refractivity contribution < 1.29 is 0 Å². The molecule has 0 aromatic carbocycles. The van der Waals surface area contributed by atoms with Gasteiger partial charge in [0.15, 0.2) is 0 Å². The SMILES string of the molecule is Cc1csc2c(N(C)C3CCCCC3Br)ncnc12. The minimum atomic E-state index is 0.536. The Morgan fingerprint density at radius 3 is 2.89 bits per heavy atom. The van der Waals surface area contributed by atoms with E-state index in [-0.39, 0.29) is 0 Å². The number of thiophene rings is 1. The van der Waals surface area contributed by atoms with Crippen LogP contribution in [-0.4, -0.2) is 27.9 Å². The van der Waals surface area contributed by atoms with Gasteiger partial charge >= 0.3 is 0 Å². The van der Waals surface area contributed by atoms with Crippen LogP contribution in [0.5, 0.6) is 0 Å². The summed E-state index contributed by atoms with van der Waals surface area (Å²) in [7, 11) is 2.17. The number of aromatic nitrogens is 2. The Morgan fingerprint density at radius 2 is 2.11 bits per heavy atom. The van der Waals surface area contributed by atoms with Crippen LogP contribution in [0.25, 0.3) is 10.2 Å². The van der Waals surface area contributed by atoms with Crippen molar-refractivity contribution in [3.8, 4) is 0 Å². The Bertz CT molecular complexity index is 583. The number of halogens is 1. The van der Waals surface area contributed by atoms with E-state index in [1.165, 1.54) is 35.9 Å². The monoisotopic (exact) mass is 339 g/mol. The lowest BCUT2D eigenvalue weighted by Crippen LogP contribution is -2.41. The Kier molecular flexibility index (Phi) is 3.76. The second kappa shape index (κ2) is 5.37. The molecule has 1 saturated carbocycles. The summed E-state index contributed by atoms with van der Waals surface area (Å²) in [5.74, 6) is 1.08. The Balaban J connectivity index is 1.99. The van der Waals surface area contributed by atoms with Gasteiger partial charge in [-0.1, -0.05) is 28.8 Å². The van der Waals surface area contributed by atoms with Crippen molar-refractivity contribution >= 4 is 43.3 Å². The van der Waals surface area contributed by atoms with Crippen molar-refractivity contribution in [1.29, 1.82) is 0 Å². The highest BCUT2D eigenvalue weighted by molar-refractivity contribution is 9.09. The number of nitrogens with zero attached hydrogens (tertiary/aromatic N) is 3. The fraction of sp³-hybridized carbons (Fsp3) is 0.571. The van der Waals surface area contributed by atoms with Crippen molar-refractivity contribution in [2.45, 2.75) is 43.5 Å². The van der Waals surface area contributed by atoms with Crippen LogP contribution < -0.4 is 4.90 Å². The largest absolute Gasteiger partial charge is 0.354 e. The number of anilines is 1. The van der Waals surface area contributed by atoms with Gasteiger partial charge in [0.25, 0.3) is 0 Å². The van der Waals surface area contributed by atoms with Crippen LogP contribution >= 0.6 is 27.3 Å². The maximum Gasteiger partial charge on any atom is 0.150 e. The van der Waals surface area contributed by atoms with E-state index in [4.69, 9.17) is 0 Å². The van der Waals surface area contributed by atoms with E-state index in [0.29, 0.717) is 10.9 Å². The molecular formula is C14H18BrN3S. The molecule has 2 heterocycles. The van der Waals surface area contributed by atoms with E-state index in [0.717, 1.165) is 11.3 Å². The summed E-state index contributed by atoms with van der Waals surface area (Å²) in [5, 5.41) is 2.17. The zero-order valence-electron chi connectivity index (χ0n) is 11.3. The van der Waals surface area contributed by atoms with Gasteiger partial charge in [-0.3, -0.25) is 0 Å². The first-order chi connectivity index (χ1) is 9.18. The maximum absolute atomic E-state index is 4.53. The molecule has 0 bridgehead atoms. The van der Waals surface area contributed by atoms with Gasteiger partial charge in [-0.05, 0) is 30.7 Å². The standard InChI is InChI=1S/C14H18BrN3S/c1-9-7-19-13-12(9)16-8-17-14(13)18(2)11-6-4-3-5-10(11)15/h7-8,10-11H,3-6H2,1-2H3. The fourth-order valence-electron chi connectivity index (χ4n) is 2.87. The van der Waals surface area contributed by atoms with Crippen molar-refractivity contribution in [3.63, 3.8) is 0 Å². The first kappa shape index (κ1) is 13.3. The van der Waals surface area contributed by atoms with Gasteiger partial charge in [0.1, 0.15) is 12.1 Å². The van der Waals surface area contributed by atoms with Crippen LogP contribution in [-0.2, 0) is 0 Å². The highest BCUT2D eigenvalue weighted by atomic mass is 79.9. The molecule has 0 N–H and O–H groups in total. The minimum Gasteiger partial charge on any atom is -0.354 e. The number of aryl methyl sites for hydroxylation is 1. The fourth-order valence-corrected chi connectivity index (χ4v) is 4.84. The Labute approximate surface area is 126 Å². The lowest BCUT2D eigenvalue weighted by atomic mass is 9.94. The molecule has 19 heavy (non-hydrogen) atoms. The number of hydrogen-bond acceptors (Lipinski definition) is 4. The smallest absolute Gasteiger partial charge is 0.150 e. The molecule has 1 aliphatic carbocycles. The molecule has 3 rings (SSSR count). The van der Waals surface area contributed by atoms with Gasteiger partial charge in [-0.25, -0.2) is 9.97 Å². The normalized spacial score (nSPS) is 23.7. The van der Waals surface area contributed by atoms with Crippen molar-refractivity contribution in [1.82, 2.24) is 9.97 Å². The third-order valence-corrected chi connectivity index (χ3v) is 6.14. The Hall–Kier alpha value is -0.680.